The summed E-state index contributed by atoms with van der Waals surface area (Å²) in [5.41, 5.74) is 2.31. The van der Waals surface area contributed by atoms with Gasteiger partial charge >= 0.3 is 0 Å². The number of benzene rings is 2. The Morgan fingerprint density at radius 2 is 1.43 bits per heavy atom. The van der Waals surface area contributed by atoms with E-state index in [-0.39, 0.29) is 6.04 Å². The lowest BCUT2D eigenvalue weighted by molar-refractivity contribution is 0.0195. The lowest BCUT2D eigenvalue weighted by Gasteiger charge is -2.40. The fourth-order valence-corrected chi connectivity index (χ4v) is 4.73. The van der Waals surface area contributed by atoms with Crippen molar-refractivity contribution in [2.75, 3.05) is 33.2 Å². The zero-order valence-electron chi connectivity index (χ0n) is 13.4. The van der Waals surface area contributed by atoms with Crippen molar-refractivity contribution in [3.8, 4) is 0 Å². The first kappa shape index (κ1) is 15.2. The van der Waals surface area contributed by atoms with E-state index in [2.05, 4.69) is 59.3 Å². The van der Waals surface area contributed by atoms with Gasteiger partial charge in [-0.05, 0) is 30.3 Å². The Labute approximate surface area is 141 Å². The average molecular weight is 326 g/mol. The van der Waals surface area contributed by atoms with E-state index in [1.165, 1.54) is 15.4 Å². The van der Waals surface area contributed by atoms with Crippen LogP contribution in [0.3, 0.4) is 0 Å². The number of likely N-dealkylation sites (N-methyl/N-ethyl adjacent to an activating group) is 1. The van der Waals surface area contributed by atoms with Gasteiger partial charge in [-0.15, -0.1) is 0 Å². The molecular weight excluding hydrogens is 304 g/mol. The maximum Gasteiger partial charge on any atom is 0.0998 e. The second kappa shape index (κ2) is 6.29. The van der Waals surface area contributed by atoms with Crippen LogP contribution in [0, 0.1) is 0 Å². The summed E-state index contributed by atoms with van der Waals surface area (Å²) in [5, 5.41) is 11.2. The normalized spacial score (nSPS) is 25.5. The molecule has 0 saturated carbocycles. The minimum Gasteiger partial charge on any atom is -0.386 e. The highest BCUT2D eigenvalue weighted by atomic mass is 32.2. The molecule has 0 bridgehead atoms. The molecule has 120 valence electrons. The summed E-state index contributed by atoms with van der Waals surface area (Å²) in [6.07, 6.45) is -0.481. The zero-order chi connectivity index (χ0) is 15.8. The van der Waals surface area contributed by atoms with Crippen LogP contribution >= 0.6 is 11.8 Å². The van der Waals surface area contributed by atoms with Crippen LogP contribution in [0.1, 0.15) is 23.3 Å². The Morgan fingerprint density at radius 3 is 2.13 bits per heavy atom. The van der Waals surface area contributed by atoms with Crippen LogP contribution in [-0.2, 0) is 0 Å². The van der Waals surface area contributed by atoms with Gasteiger partial charge in [-0.25, -0.2) is 0 Å². The maximum absolute atomic E-state index is 11.2. The highest BCUT2D eigenvalue weighted by Gasteiger charge is 2.35. The Hall–Kier alpha value is -1.33. The Bertz CT molecular complexity index is 697. The number of hydrogen-bond donors (Lipinski definition) is 1. The second-order valence-corrected chi connectivity index (χ2v) is 7.49. The molecule has 2 unspecified atom stereocenters. The molecule has 23 heavy (non-hydrogen) atoms. The summed E-state index contributed by atoms with van der Waals surface area (Å²) in [4.78, 5) is 7.24. The molecule has 2 aromatic rings. The molecule has 4 heteroatoms. The molecule has 2 aromatic carbocycles. The van der Waals surface area contributed by atoms with Crippen LogP contribution in [0.15, 0.2) is 58.3 Å². The molecule has 1 N–H and O–H groups in total. The zero-order valence-corrected chi connectivity index (χ0v) is 14.2. The third-order valence-corrected chi connectivity index (χ3v) is 6.11. The molecule has 0 aliphatic carbocycles. The SMILES string of the molecule is CN1CCN(C2c3ccccc3Sc3ccccc3C2O)CC1. The lowest BCUT2D eigenvalue weighted by atomic mass is 9.94. The van der Waals surface area contributed by atoms with Crippen molar-refractivity contribution in [3.05, 3.63) is 59.7 Å². The molecule has 2 atom stereocenters. The lowest BCUT2D eigenvalue weighted by Crippen LogP contribution is -2.47. The molecule has 2 heterocycles. The highest BCUT2D eigenvalue weighted by molar-refractivity contribution is 7.99. The molecule has 0 radical (unpaired) electrons. The largest absolute Gasteiger partial charge is 0.386 e. The van der Waals surface area contributed by atoms with Crippen molar-refractivity contribution in [2.45, 2.75) is 21.9 Å². The predicted molar refractivity (Wildman–Crippen MR) is 93.8 cm³/mol. The van der Waals surface area contributed by atoms with Crippen molar-refractivity contribution in [1.82, 2.24) is 9.80 Å². The van der Waals surface area contributed by atoms with Gasteiger partial charge in [-0.1, -0.05) is 48.2 Å². The quantitative estimate of drug-likeness (QED) is 0.871. The number of aliphatic hydroxyl groups excluding tert-OH is 1. The predicted octanol–water partition coefficient (Wildman–Crippen LogP) is 3.17. The van der Waals surface area contributed by atoms with E-state index in [9.17, 15) is 5.11 Å². The van der Waals surface area contributed by atoms with Gasteiger partial charge in [0.25, 0.3) is 0 Å². The van der Waals surface area contributed by atoms with Crippen LogP contribution in [0.4, 0.5) is 0 Å². The van der Waals surface area contributed by atoms with Gasteiger partial charge in [0.05, 0.1) is 12.1 Å². The summed E-state index contributed by atoms with van der Waals surface area (Å²) in [6, 6.07) is 16.8. The molecule has 4 rings (SSSR count). The van der Waals surface area contributed by atoms with E-state index in [4.69, 9.17) is 0 Å². The first-order valence-corrected chi connectivity index (χ1v) is 9.02. The van der Waals surface area contributed by atoms with Crippen LogP contribution in [0.2, 0.25) is 0 Å². The third kappa shape index (κ3) is 2.81. The van der Waals surface area contributed by atoms with Gasteiger partial charge in [0, 0.05) is 36.0 Å². The van der Waals surface area contributed by atoms with Crippen molar-refractivity contribution in [2.24, 2.45) is 0 Å². The van der Waals surface area contributed by atoms with Crippen molar-refractivity contribution in [3.63, 3.8) is 0 Å². The Kier molecular flexibility index (Phi) is 4.16. The summed E-state index contributed by atoms with van der Waals surface area (Å²) in [6.45, 7) is 4.11. The standard InChI is InChI=1S/C19H22N2OS/c1-20-10-12-21(13-11-20)18-14-6-2-4-8-16(14)23-17-9-5-3-7-15(17)19(18)22/h2-9,18-19,22H,10-13H2,1H3. The smallest absolute Gasteiger partial charge is 0.0998 e. The van der Waals surface area contributed by atoms with Gasteiger partial charge in [-0.2, -0.15) is 0 Å². The second-order valence-electron chi connectivity index (χ2n) is 6.41. The molecule has 1 fully saturated rings. The monoisotopic (exact) mass is 326 g/mol. The van der Waals surface area contributed by atoms with Gasteiger partial charge < -0.3 is 10.0 Å². The van der Waals surface area contributed by atoms with E-state index in [1.807, 2.05) is 6.07 Å². The summed E-state index contributed by atoms with van der Waals surface area (Å²) < 4.78 is 0. The third-order valence-electron chi connectivity index (χ3n) is 4.93. The highest BCUT2D eigenvalue weighted by Crippen LogP contribution is 2.47. The van der Waals surface area contributed by atoms with Crippen molar-refractivity contribution in [1.29, 1.82) is 0 Å². The number of hydrogen-bond acceptors (Lipinski definition) is 4. The topological polar surface area (TPSA) is 26.7 Å². The maximum atomic E-state index is 11.2. The summed E-state index contributed by atoms with van der Waals surface area (Å²) in [7, 11) is 2.17. The Balaban J connectivity index is 1.79. The van der Waals surface area contributed by atoms with E-state index in [0.717, 1.165) is 31.7 Å². The number of nitrogens with zero attached hydrogens (tertiary/aromatic N) is 2. The van der Waals surface area contributed by atoms with Crippen LogP contribution < -0.4 is 0 Å². The minimum atomic E-state index is -0.481. The van der Waals surface area contributed by atoms with Crippen molar-refractivity contribution >= 4 is 11.8 Å². The molecular formula is C19H22N2OS. The molecule has 0 amide bonds. The van der Waals surface area contributed by atoms with Gasteiger partial charge in [0.15, 0.2) is 0 Å². The van der Waals surface area contributed by atoms with Crippen LogP contribution in [-0.4, -0.2) is 48.1 Å². The first-order valence-electron chi connectivity index (χ1n) is 8.20. The van der Waals surface area contributed by atoms with E-state index < -0.39 is 6.10 Å². The number of aliphatic hydroxyl groups is 1. The fraction of sp³-hybridized carbons (Fsp3) is 0.368. The molecule has 1 saturated heterocycles. The summed E-state index contributed by atoms with van der Waals surface area (Å²) >= 11 is 1.78. The van der Waals surface area contributed by atoms with E-state index >= 15 is 0 Å². The van der Waals surface area contributed by atoms with Crippen LogP contribution in [0.25, 0.3) is 0 Å². The van der Waals surface area contributed by atoms with Gasteiger partial charge in [0.2, 0.25) is 0 Å². The molecule has 2 aliphatic rings. The number of piperazine rings is 1. The molecule has 3 nitrogen and oxygen atoms in total. The Morgan fingerprint density at radius 1 is 0.870 bits per heavy atom. The number of fused-ring (bicyclic) bond motifs is 2. The van der Waals surface area contributed by atoms with Gasteiger partial charge in [-0.3, -0.25) is 4.90 Å². The summed E-state index contributed by atoms with van der Waals surface area (Å²) in [5.74, 6) is 0. The van der Waals surface area contributed by atoms with Crippen molar-refractivity contribution < 1.29 is 5.11 Å². The van der Waals surface area contributed by atoms with Crippen LogP contribution in [0.5, 0.6) is 0 Å². The molecule has 0 aromatic heterocycles. The van der Waals surface area contributed by atoms with E-state index in [0.29, 0.717) is 0 Å². The molecule has 0 spiro atoms. The fourth-order valence-electron chi connectivity index (χ4n) is 3.59. The van der Waals surface area contributed by atoms with Gasteiger partial charge in [0.1, 0.15) is 0 Å². The minimum absolute atomic E-state index is 0.0380. The first-order chi connectivity index (χ1) is 11.2. The van der Waals surface area contributed by atoms with E-state index in [1.54, 1.807) is 11.8 Å². The average Bonchev–Trinajstić information content (AvgIpc) is 2.70. The number of rotatable bonds is 1. The molecule has 2 aliphatic heterocycles.